The molecule has 0 saturated heterocycles. The lowest BCUT2D eigenvalue weighted by Crippen LogP contribution is -2.09. The van der Waals surface area contributed by atoms with E-state index in [9.17, 15) is 9.59 Å². The van der Waals surface area contributed by atoms with Crippen molar-refractivity contribution in [2.75, 3.05) is 13.2 Å². The van der Waals surface area contributed by atoms with Crippen LogP contribution >= 0.6 is 22.6 Å². The van der Waals surface area contributed by atoms with Crippen LogP contribution in [0.15, 0.2) is 9.66 Å². The Morgan fingerprint density at radius 1 is 0.857 bits per heavy atom. The molecule has 0 aromatic rings. The van der Waals surface area contributed by atoms with Crippen LogP contribution in [-0.4, -0.2) is 25.2 Å². The molecular formula is C16H27IO4. The van der Waals surface area contributed by atoms with E-state index < -0.39 is 11.9 Å². The summed E-state index contributed by atoms with van der Waals surface area (Å²) in [5, 5.41) is 0. The van der Waals surface area contributed by atoms with Gasteiger partial charge in [-0.15, -0.1) is 0 Å². The molecule has 0 atom stereocenters. The minimum Gasteiger partial charge on any atom is -0.463 e. The minimum absolute atomic E-state index is 0.265. The molecule has 0 aromatic heterocycles. The maximum Gasteiger partial charge on any atom is 0.344 e. The molecule has 0 N–H and O–H groups in total. The van der Waals surface area contributed by atoms with E-state index >= 15 is 0 Å². The Kier molecular flexibility index (Phi) is 13.9. The van der Waals surface area contributed by atoms with Crippen molar-refractivity contribution in [2.45, 2.75) is 65.2 Å². The summed E-state index contributed by atoms with van der Waals surface area (Å²) in [7, 11) is 0. The van der Waals surface area contributed by atoms with Gasteiger partial charge in [0, 0.05) is 6.08 Å². The van der Waals surface area contributed by atoms with Crippen LogP contribution in [0.1, 0.15) is 65.2 Å². The summed E-state index contributed by atoms with van der Waals surface area (Å²) >= 11 is 1.81. The van der Waals surface area contributed by atoms with Crippen LogP contribution in [0.4, 0.5) is 0 Å². The van der Waals surface area contributed by atoms with Gasteiger partial charge >= 0.3 is 11.9 Å². The number of esters is 2. The van der Waals surface area contributed by atoms with E-state index in [1.54, 1.807) is 0 Å². The summed E-state index contributed by atoms with van der Waals surface area (Å²) in [6.45, 7) is 5.08. The number of hydrogen-bond donors (Lipinski definition) is 0. The van der Waals surface area contributed by atoms with Gasteiger partial charge in [-0.05, 0) is 35.4 Å². The summed E-state index contributed by atoms with van der Waals surface area (Å²) in [6.07, 6.45) is 9.65. The molecule has 0 saturated carbocycles. The second kappa shape index (κ2) is 14.4. The third-order valence-electron chi connectivity index (χ3n) is 2.91. The normalized spacial score (nSPS) is 11.3. The average Bonchev–Trinajstić information content (AvgIpc) is 2.46. The highest BCUT2D eigenvalue weighted by Crippen LogP contribution is 2.10. The Bertz CT molecular complexity index is 326. The molecular weight excluding hydrogens is 383 g/mol. The van der Waals surface area contributed by atoms with Crippen molar-refractivity contribution >= 4 is 34.5 Å². The predicted octanol–water partition coefficient (Wildman–Crippen LogP) is 4.55. The third-order valence-corrected chi connectivity index (χ3v) is 3.66. The molecule has 0 rings (SSSR count). The van der Waals surface area contributed by atoms with Crippen molar-refractivity contribution in [2.24, 2.45) is 0 Å². The Balaban J connectivity index is 3.81. The van der Waals surface area contributed by atoms with Crippen molar-refractivity contribution in [1.82, 2.24) is 0 Å². The van der Waals surface area contributed by atoms with Crippen LogP contribution in [0, 0.1) is 0 Å². The molecule has 0 aliphatic heterocycles. The SMILES string of the molecule is CCCCCCOC(=O)C=C(I)C(=O)OCCCCCC. The van der Waals surface area contributed by atoms with E-state index in [4.69, 9.17) is 9.47 Å². The van der Waals surface area contributed by atoms with Gasteiger partial charge in [0.05, 0.1) is 13.2 Å². The number of carbonyl (C=O) groups excluding carboxylic acids is 2. The fourth-order valence-corrected chi connectivity index (χ4v) is 2.08. The molecule has 0 aliphatic rings. The van der Waals surface area contributed by atoms with E-state index in [2.05, 4.69) is 13.8 Å². The van der Waals surface area contributed by atoms with Crippen LogP contribution in [0.2, 0.25) is 0 Å². The van der Waals surface area contributed by atoms with Gasteiger partial charge in [0.25, 0.3) is 0 Å². The molecule has 4 nitrogen and oxygen atoms in total. The van der Waals surface area contributed by atoms with Crippen LogP contribution in [-0.2, 0) is 19.1 Å². The monoisotopic (exact) mass is 410 g/mol. The zero-order valence-electron chi connectivity index (χ0n) is 13.2. The Morgan fingerprint density at radius 2 is 1.38 bits per heavy atom. The highest BCUT2D eigenvalue weighted by atomic mass is 127. The molecule has 5 heteroatoms. The molecule has 122 valence electrons. The molecule has 0 heterocycles. The van der Waals surface area contributed by atoms with E-state index in [1.165, 1.54) is 6.08 Å². The molecule has 0 amide bonds. The lowest BCUT2D eigenvalue weighted by atomic mass is 10.2. The first-order valence-corrected chi connectivity index (χ1v) is 8.90. The third kappa shape index (κ3) is 12.8. The van der Waals surface area contributed by atoms with E-state index in [0.717, 1.165) is 51.4 Å². The summed E-state index contributed by atoms with van der Waals surface area (Å²) < 4.78 is 10.4. The smallest absolute Gasteiger partial charge is 0.344 e. The molecule has 0 spiro atoms. The molecule has 0 aliphatic carbocycles. The van der Waals surface area contributed by atoms with Gasteiger partial charge in [-0.2, -0.15) is 0 Å². The Labute approximate surface area is 141 Å². The topological polar surface area (TPSA) is 52.6 Å². The first-order valence-electron chi connectivity index (χ1n) is 7.82. The number of hydrogen-bond acceptors (Lipinski definition) is 4. The summed E-state index contributed by atoms with van der Waals surface area (Å²) in [4.78, 5) is 23.1. The summed E-state index contributed by atoms with van der Waals surface area (Å²) in [5.74, 6) is -0.922. The van der Waals surface area contributed by atoms with Crippen molar-refractivity contribution < 1.29 is 19.1 Å². The number of carbonyl (C=O) groups is 2. The van der Waals surface area contributed by atoms with Gasteiger partial charge in [0.15, 0.2) is 0 Å². The summed E-state index contributed by atoms with van der Waals surface area (Å²) in [6, 6.07) is 0. The lowest BCUT2D eigenvalue weighted by molar-refractivity contribution is -0.140. The largest absolute Gasteiger partial charge is 0.463 e. The molecule has 0 bridgehead atoms. The van der Waals surface area contributed by atoms with E-state index in [1.807, 2.05) is 22.6 Å². The minimum atomic E-state index is -0.473. The molecule has 0 unspecified atom stereocenters. The van der Waals surface area contributed by atoms with Crippen molar-refractivity contribution in [3.8, 4) is 0 Å². The van der Waals surface area contributed by atoms with Crippen molar-refractivity contribution in [1.29, 1.82) is 0 Å². The maximum atomic E-state index is 11.6. The fourth-order valence-electron chi connectivity index (χ4n) is 1.67. The van der Waals surface area contributed by atoms with Crippen LogP contribution in [0.25, 0.3) is 0 Å². The van der Waals surface area contributed by atoms with Crippen molar-refractivity contribution in [3.63, 3.8) is 0 Å². The second-order valence-electron chi connectivity index (χ2n) is 4.92. The molecule has 0 radical (unpaired) electrons. The maximum absolute atomic E-state index is 11.6. The Morgan fingerprint density at radius 3 is 1.90 bits per heavy atom. The van der Waals surface area contributed by atoms with Gasteiger partial charge in [0.2, 0.25) is 0 Å². The number of unbranched alkanes of at least 4 members (excludes halogenated alkanes) is 6. The Hall–Kier alpha value is -0.590. The number of ether oxygens (including phenoxy) is 2. The first kappa shape index (κ1) is 20.4. The second-order valence-corrected chi connectivity index (χ2v) is 6.08. The molecule has 0 fully saturated rings. The summed E-state index contributed by atoms with van der Waals surface area (Å²) in [5.41, 5.74) is 0. The van der Waals surface area contributed by atoms with Gasteiger partial charge in [0.1, 0.15) is 3.58 Å². The van der Waals surface area contributed by atoms with Crippen LogP contribution < -0.4 is 0 Å². The van der Waals surface area contributed by atoms with Gasteiger partial charge in [-0.25, -0.2) is 9.59 Å². The fraction of sp³-hybridized carbons (Fsp3) is 0.750. The zero-order valence-corrected chi connectivity index (χ0v) is 15.3. The lowest BCUT2D eigenvalue weighted by Gasteiger charge is -2.04. The van der Waals surface area contributed by atoms with Gasteiger partial charge in [-0.1, -0.05) is 52.4 Å². The van der Waals surface area contributed by atoms with E-state index in [0.29, 0.717) is 13.2 Å². The van der Waals surface area contributed by atoms with E-state index in [-0.39, 0.29) is 3.58 Å². The highest BCUT2D eigenvalue weighted by Gasteiger charge is 2.10. The number of halogens is 1. The van der Waals surface area contributed by atoms with Gasteiger partial charge < -0.3 is 9.47 Å². The standard InChI is InChI=1S/C16H27IO4/c1-3-5-7-9-11-20-15(18)13-14(17)16(19)21-12-10-8-6-4-2/h13H,3-12H2,1-2H3. The zero-order chi connectivity index (χ0) is 15.9. The molecule has 21 heavy (non-hydrogen) atoms. The molecule has 0 aromatic carbocycles. The van der Waals surface area contributed by atoms with Crippen LogP contribution in [0.3, 0.4) is 0 Å². The number of rotatable bonds is 12. The first-order chi connectivity index (χ1) is 10.1. The quantitative estimate of drug-likeness (QED) is 0.205. The predicted molar refractivity (Wildman–Crippen MR) is 92.3 cm³/mol. The average molecular weight is 410 g/mol. The van der Waals surface area contributed by atoms with Crippen molar-refractivity contribution in [3.05, 3.63) is 9.66 Å². The van der Waals surface area contributed by atoms with Gasteiger partial charge in [-0.3, -0.25) is 0 Å². The van der Waals surface area contributed by atoms with Crippen LogP contribution in [0.5, 0.6) is 0 Å². The highest BCUT2D eigenvalue weighted by molar-refractivity contribution is 14.1.